The molecule has 2 aromatic heterocycles. The van der Waals surface area contributed by atoms with Crippen molar-refractivity contribution in [1.82, 2.24) is 15.2 Å². The molecule has 2 fully saturated rings. The molecular weight excluding hydrogens is 483 g/mol. The van der Waals surface area contributed by atoms with Gasteiger partial charge < -0.3 is 10.1 Å². The van der Waals surface area contributed by atoms with Crippen LogP contribution in [0.4, 0.5) is 27.6 Å². The monoisotopic (exact) mass is 506 g/mol. The van der Waals surface area contributed by atoms with E-state index in [2.05, 4.69) is 20.5 Å². The Kier molecular flexibility index (Phi) is 6.06. The second-order valence-electron chi connectivity index (χ2n) is 9.17. The number of alkyl halides is 5. The van der Waals surface area contributed by atoms with Crippen LogP contribution in [0.5, 0.6) is 0 Å². The molecule has 3 aromatic rings. The summed E-state index contributed by atoms with van der Waals surface area (Å²) in [5.41, 5.74) is -0.257. The molecule has 1 aromatic carbocycles. The Morgan fingerprint density at radius 2 is 1.72 bits per heavy atom. The SMILES string of the molecule is O=C(Nc1c(-c2ccn[nH]2)ccnc1C1CCC(F)(F)CC1)c1ccc(C2(C(F)(F)F)CCO2)cc1. The Labute approximate surface area is 203 Å². The summed E-state index contributed by atoms with van der Waals surface area (Å²) in [4.78, 5) is 17.6. The summed E-state index contributed by atoms with van der Waals surface area (Å²) in [7, 11) is 0. The molecule has 3 heterocycles. The lowest BCUT2D eigenvalue weighted by Gasteiger charge is -2.43. The van der Waals surface area contributed by atoms with E-state index < -0.39 is 23.6 Å². The van der Waals surface area contributed by atoms with Gasteiger partial charge in [0.2, 0.25) is 5.92 Å². The topological polar surface area (TPSA) is 79.9 Å². The summed E-state index contributed by atoms with van der Waals surface area (Å²) >= 11 is 0. The van der Waals surface area contributed by atoms with E-state index >= 15 is 0 Å². The summed E-state index contributed by atoms with van der Waals surface area (Å²) in [5, 5.41) is 9.60. The number of amides is 1. The molecule has 11 heteroatoms. The second-order valence-corrected chi connectivity index (χ2v) is 9.17. The van der Waals surface area contributed by atoms with Crippen LogP contribution in [0.15, 0.2) is 48.8 Å². The smallest absolute Gasteiger partial charge is 0.361 e. The van der Waals surface area contributed by atoms with Gasteiger partial charge in [-0.05, 0) is 42.7 Å². The van der Waals surface area contributed by atoms with Gasteiger partial charge in [0.15, 0.2) is 5.60 Å². The van der Waals surface area contributed by atoms with E-state index in [1.165, 1.54) is 24.3 Å². The minimum absolute atomic E-state index is 0.00894. The van der Waals surface area contributed by atoms with Gasteiger partial charge in [-0.15, -0.1) is 0 Å². The number of benzene rings is 1. The number of anilines is 1. The number of carbonyl (C=O) groups excluding carboxylic acids is 1. The van der Waals surface area contributed by atoms with Gasteiger partial charge in [0.05, 0.1) is 23.7 Å². The number of nitrogens with one attached hydrogen (secondary N) is 2. The molecule has 0 bridgehead atoms. The Hall–Kier alpha value is -3.34. The van der Waals surface area contributed by atoms with E-state index in [-0.39, 0.29) is 55.8 Å². The number of ether oxygens (including phenoxy) is 1. The van der Waals surface area contributed by atoms with Crippen molar-refractivity contribution in [1.29, 1.82) is 0 Å². The number of halogens is 5. The second kappa shape index (κ2) is 8.95. The quantitative estimate of drug-likeness (QED) is 0.404. The number of aromatic amines is 1. The fraction of sp³-hybridized carbons (Fsp3) is 0.400. The molecule has 1 aliphatic carbocycles. The third-order valence-corrected chi connectivity index (χ3v) is 6.99. The van der Waals surface area contributed by atoms with E-state index in [0.717, 1.165) is 0 Å². The molecule has 0 spiro atoms. The van der Waals surface area contributed by atoms with Crippen LogP contribution in [0.1, 0.15) is 59.6 Å². The van der Waals surface area contributed by atoms with Crippen molar-refractivity contribution in [2.75, 3.05) is 11.9 Å². The molecule has 1 unspecified atom stereocenters. The van der Waals surface area contributed by atoms with Crippen LogP contribution in [0, 0.1) is 0 Å². The highest BCUT2D eigenvalue weighted by Gasteiger charge is 2.61. The van der Waals surface area contributed by atoms with E-state index in [1.54, 1.807) is 24.5 Å². The first-order valence-electron chi connectivity index (χ1n) is 11.6. The first-order chi connectivity index (χ1) is 17.1. The van der Waals surface area contributed by atoms with Crippen LogP contribution in [0.25, 0.3) is 11.3 Å². The minimum Gasteiger partial charge on any atom is -0.361 e. The molecule has 0 radical (unpaired) electrons. The van der Waals surface area contributed by atoms with Crippen molar-refractivity contribution < 1.29 is 31.5 Å². The van der Waals surface area contributed by atoms with Crippen molar-refractivity contribution in [3.8, 4) is 11.3 Å². The van der Waals surface area contributed by atoms with Gasteiger partial charge in [-0.25, -0.2) is 8.78 Å². The number of pyridine rings is 1. The van der Waals surface area contributed by atoms with E-state index in [9.17, 15) is 26.7 Å². The Balaban J connectivity index is 1.45. The Bertz CT molecular complexity index is 1230. The minimum atomic E-state index is -4.57. The van der Waals surface area contributed by atoms with Crippen molar-refractivity contribution in [3.63, 3.8) is 0 Å². The van der Waals surface area contributed by atoms with Crippen LogP contribution in [0.3, 0.4) is 0 Å². The maximum absolute atomic E-state index is 13.8. The largest absolute Gasteiger partial charge is 0.421 e. The van der Waals surface area contributed by atoms with E-state index in [0.29, 0.717) is 22.6 Å². The van der Waals surface area contributed by atoms with Crippen LogP contribution in [-0.2, 0) is 10.3 Å². The zero-order chi connectivity index (χ0) is 25.6. The third-order valence-electron chi connectivity index (χ3n) is 6.99. The Morgan fingerprint density at radius 3 is 2.28 bits per heavy atom. The van der Waals surface area contributed by atoms with Gasteiger partial charge in [0.1, 0.15) is 0 Å². The number of nitrogens with zero attached hydrogens (tertiary/aromatic N) is 2. The average Bonchev–Trinajstić information content (AvgIpc) is 3.33. The number of rotatable bonds is 5. The van der Waals surface area contributed by atoms with E-state index in [1.807, 2.05) is 0 Å². The summed E-state index contributed by atoms with van der Waals surface area (Å²) in [6.07, 6.45) is -1.79. The maximum Gasteiger partial charge on any atom is 0.421 e. The molecule has 2 aliphatic rings. The highest BCUT2D eigenvalue weighted by Crippen LogP contribution is 2.50. The van der Waals surface area contributed by atoms with Crippen LogP contribution >= 0.6 is 0 Å². The molecule has 1 aliphatic heterocycles. The number of hydrogen-bond donors (Lipinski definition) is 2. The molecule has 2 N–H and O–H groups in total. The summed E-state index contributed by atoms with van der Waals surface area (Å²) < 4.78 is 73.2. The van der Waals surface area contributed by atoms with Gasteiger partial charge in [-0.3, -0.25) is 14.9 Å². The summed E-state index contributed by atoms with van der Waals surface area (Å²) in [6, 6.07) is 8.48. The predicted octanol–water partition coefficient (Wildman–Crippen LogP) is 6.19. The first-order valence-corrected chi connectivity index (χ1v) is 11.6. The van der Waals surface area contributed by atoms with Crippen molar-refractivity contribution in [3.05, 3.63) is 65.6 Å². The van der Waals surface area contributed by atoms with Crippen molar-refractivity contribution in [2.45, 2.75) is 55.7 Å². The average molecular weight is 506 g/mol. The number of H-pyrrole nitrogens is 1. The van der Waals surface area contributed by atoms with Gasteiger partial charge in [-0.1, -0.05) is 12.1 Å². The van der Waals surface area contributed by atoms with Crippen LogP contribution in [-0.4, -0.2) is 39.8 Å². The van der Waals surface area contributed by atoms with Gasteiger partial charge in [0, 0.05) is 48.7 Å². The van der Waals surface area contributed by atoms with Crippen molar-refractivity contribution in [2.24, 2.45) is 0 Å². The molecule has 36 heavy (non-hydrogen) atoms. The zero-order valence-corrected chi connectivity index (χ0v) is 19.0. The summed E-state index contributed by atoms with van der Waals surface area (Å²) in [5.74, 6) is -3.57. The zero-order valence-electron chi connectivity index (χ0n) is 19.0. The molecule has 190 valence electrons. The molecular formula is C25H23F5N4O2. The number of aromatic nitrogens is 3. The highest BCUT2D eigenvalue weighted by atomic mass is 19.4. The molecule has 1 saturated heterocycles. The third kappa shape index (κ3) is 4.36. The molecule has 1 atom stereocenters. The van der Waals surface area contributed by atoms with E-state index in [4.69, 9.17) is 4.74 Å². The molecule has 1 saturated carbocycles. The van der Waals surface area contributed by atoms with Crippen molar-refractivity contribution >= 4 is 11.6 Å². The van der Waals surface area contributed by atoms with Crippen LogP contribution < -0.4 is 5.32 Å². The maximum atomic E-state index is 13.8. The number of hydrogen-bond acceptors (Lipinski definition) is 4. The summed E-state index contributed by atoms with van der Waals surface area (Å²) in [6.45, 7) is 0.00894. The standard InChI is InChI=1S/C25H23F5N4O2/c26-23(27)9-5-15(6-10-23)20-21(18(7-12-31-20)19-8-13-32-34-19)33-22(35)16-1-3-17(4-2-16)24(11-14-36-24)25(28,29)30/h1-4,7-8,12-13,15H,5-6,9-11,14H2,(H,32,34)(H,33,35). The Morgan fingerprint density at radius 1 is 1.03 bits per heavy atom. The number of carbonyl (C=O) groups is 1. The predicted molar refractivity (Wildman–Crippen MR) is 121 cm³/mol. The molecule has 5 rings (SSSR count). The highest BCUT2D eigenvalue weighted by molar-refractivity contribution is 6.06. The fourth-order valence-corrected chi connectivity index (χ4v) is 4.86. The lowest BCUT2D eigenvalue weighted by atomic mass is 9.83. The van der Waals surface area contributed by atoms with Gasteiger partial charge >= 0.3 is 6.18 Å². The molecule has 1 amide bonds. The lowest BCUT2D eigenvalue weighted by Crippen LogP contribution is -2.52. The normalized spacial score (nSPS) is 22.1. The fourth-order valence-electron chi connectivity index (χ4n) is 4.86. The van der Waals surface area contributed by atoms with Gasteiger partial charge in [0.25, 0.3) is 5.91 Å². The first kappa shape index (κ1) is 24.4. The molecule has 6 nitrogen and oxygen atoms in total. The lowest BCUT2D eigenvalue weighted by molar-refractivity contribution is -0.333. The van der Waals surface area contributed by atoms with Crippen LogP contribution in [0.2, 0.25) is 0 Å². The van der Waals surface area contributed by atoms with Gasteiger partial charge in [-0.2, -0.15) is 18.3 Å².